The topological polar surface area (TPSA) is 105 Å². The first-order valence-electron chi connectivity index (χ1n) is 5.89. The molecule has 0 heterocycles. The lowest BCUT2D eigenvalue weighted by molar-refractivity contribution is -0.140. The number of methoxy groups -OCH3 is 1. The smallest absolute Gasteiger partial charge is 0.336 e. The number of anilines is 1. The fourth-order valence-electron chi connectivity index (χ4n) is 1.49. The van der Waals surface area contributed by atoms with Gasteiger partial charge in [0.15, 0.2) is 0 Å². The maximum Gasteiger partial charge on any atom is 0.336 e. The Hall–Kier alpha value is -2.57. The van der Waals surface area contributed by atoms with Gasteiger partial charge in [-0.25, -0.2) is 9.59 Å². The molecule has 0 aromatic heterocycles. The Morgan fingerprint density at radius 1 is 1.30 bits per heavy atom. The molecule has 0 aliphatic heterocycles. The molecule has 0 saturated heterocycles. The van der Waals surface area contributed by atoms with Crippen molar-refractivity contribution in [1.29, 1.82) is 0 Å². The fraction of sp³-hybridized carbons (Fsp3) is 0.308. The van der Waals surface area contributed by atoms with Gasteiger partial charge in [-0.1, -0.05) is 6.07 Å². The highest BCUT2D eigenvalue weighted by Gasteiger charge is 2.09. The largest absolute Gasteiger partial charge is 0.478 e. The second-order valence-electron chi connectivity index (χ2n) is 4.04. The van der Waals surface area contributed by atoms with E-state index in [2.05, 4.69) is 15.4 Å². The van der Waals surface area contributed by atoms with E-state index >= 15 is 0 Å². The van der Waals surface area contributed by atoms with Gasteiger partial charge in [-0.05, 0) is 24.6 Å². The van der Waals surface area contributed by atoms with E-state index < -0.39 is 18.0 Å². The molecule has 3 N–H and O–H groups in total. The molecule has 0 aliphatic carbocycles. The summed E-state index contributed by atoms with van der Waals surface area (Å²) < 4.78 is 4.43. The first-order chi connectivity index (χ1) is 9.43. The van der Waals surface area contributed by atoms with Crippen LogP contribution in [0, 0.1) is 6.92 Å². The molecule has 0 saturated carbocycles. The van der Waals surface area contributed by atoms with Crippen molar-refractivity contribution in [2.24, 2.45) is 0 Å². The number of hydrogen-bond acceptors (Lipinski definition) is 4. The third kappa shape index (κ3) is 4.60. The molecule has 0 bridgehead atoms. The van der Waals surface area contributed by atoms with Gasteiger partial charge in [0.25, 0.3) is 0 Å². The molecule has 0 fully saturated rings. The second-order valence-corrected chi connectivity index (χ2v) is 4.04. The Morgan fingerprint density at radius 3 is 2.60 bits per heavy atom. The number of carbonyl (C=O) groups is 3. The number of hydrogen-bond donors (Lipinski definition) is 3. The third-order valence-corrected chi connectivity index (χ3v) is 2.57. The molecule has 0 radical (unpaired) electrons. The van der Waals surface area contributed by atoms with Gasteiger partial charge in [0.1, 0.15) is 0 Å². The molecule has 20 heavy (non-hydrogen) atoms. The van der Waals surface area contributed by atoms with Crippen LogP contribution in [-0.2, 0) is 9.53 Å². The van der Waals surface area contributed by atoms with E-state index in [1.165, 1.54) is 13.2 Å². The zero-order valence-electron chi connectivity index (χ0n) is 11.2. The lowest BCUT2D eigenvalue weighted by atomic mass is 10.1. The molecular weight excluding hydrogens is 264 g/mol. The normalized spacial score (nSPS) is 9.70. The van der Waals surface area contributed by atoms with Gasteiger partial charge in [-0.2, -0.15) is 0 Å². The van der Waals surface area contributed by atoms with E-state index in [0.29, 0.717) is 11.3 Å². The molecule has 2 amide bonds. The zero-order chi connectivity index (χ0) is 15.1. The van der Waals surface area contributed by atoms with Crippen LogP contribution in [-0.4, -0.2) is 36.7 Å². The number of carboxylic acids is 1. The van der Waals surface area contributed by atoms with Crippen LogP contribution < -0.4 is 10.6 Å². The van der Waals surface area contributed by atoms with Crippen molar-refractivity contribution in [2.45, 2.75) is 13.3 Å². The number of nitrogens with one attached hydrogen (secondary N) is 2. The highest BCUT2D eigenvalue weighted by molar-refractivity contribution is 5.94. The Kier molecular flexibility index (Phi) is 5.52. The van der Waals surface area contributed by atoms with E-state index in [0.717, 1.165) is 0 Å². The second kappa shape index (κ2) is 7.13. The first-order valence-corrected chi connectivity index (χ1v) is 5.89. The Morgan fingerprint density at radius 2 is 2.00 bits per heavy atom. The minimum atomic E-state index is -1.06. The predicted molar refractivity (Wildman–Crippen MR) is 71.8 cm³/mol. The van der Waals surface area contributed by atoms with Gasteiger partial charge in [0.2, 0.25) is 0 Å². The summed E-state index contributed by atoms with van der Waals surface area (Å²) in [5.41, 5.74) is 1.09. The molecule has 0 spiro atoms. The molecule has 0 unspecified atom stereocenters. The van der Waals surface area contributed by atoms with Gasteiger partial charge < -0.3 is 20.5 Å². The van der Waals surface area contributed by atoms with E-state index in [9.17, 15) is 14.4 Å². The van der Waals surface area contributed by atoms with Crippen molar-refractivity contribution in [2.75, 3.05) is 19.0 Å². The highest BCUT2D eigenvalue weighted by atomic mass is 16.5. The van der Waals surface area contributed by atoms with E-state index in [-0.39, 0.29) is 18.5 Å². The number of carboxylic acid groups (broad SMARTS) is 1. The van der Waals surface area contributed by atoms with Crippen LogP contribution in [0.2, 0.25) is 0 Å². The number of aromatic carboxylic acids is 1. The Labute approximate surface area is 115 Å². The van der Waals surface area contributed by atoms with Crippen LogP contribution in [0.3, 0.4) is 0 Å². The molecular formula is C13H16N2O5. The molecule has 0 aliphatic rings. The predicted octanol–water partition coefficient (Wildman–Crippen LogP) is 1.38. The third-order valence-electron chi connectivity index (χ3n) is 2.57. The number of aryl methyl sites for hydroxylation is 1. The van der Waals surface area contributed by atoms with Gasteiger partial charge >= 0.3 is 18.0 Å². The summed E-state index contributed by atoms with van der Waals surface area (Å²) in [6, 6.07) is 4.06. The number of rotatable bonds is 5. The summed E-state index contributed by atoms with van der Waals surface area (Å²) in [7, 11) is 1.27. The fourth-order valence-corrected chi connectivity index (χ4v) is 1.49. The minimum Gasteiger partial charge on any atom is -0.478 e. The lowest BCUT2D eigenvalue weighted by Crippen LogP contribution is -2.30. The quantitative estimate of drug-likeness (QED) is 0.707. The maximum absolute atomic E-state index is 11.5. The van der Waals surface area contributed by atoms with Crippen LogP contribution in [0.25, 0.3) is 0 Å². The molecule has 1 rings (SSSR count). The monoisotopic (exact) mass is 280 g/mol. The zero-order valence-corrected chi connectivity index (χ0v) is 11.2. The van der Waals surface area contributed by atoms with Crippen LogP contribution in [0.5, 0.6) is 0 Å². The average molecular weight is 280 g/mol. The Balaban J connectivity index is 2.56. The van der Waals surface area contributed by atoms with Crippen molar-refractivity contribution in [3.8, 4) is 0 Å². The SMILES string of the molecule is COC(=O)CCNC(=O)Nc1ccc(C)c(C(=O)O)c1. The number of ether oxygens (including phenoxy) is 1. The molecule has 7 heteroatoms. The number of urea groups is 1. The van der Waals surface area contributed by atoms with Crippen LogP contribution in [0.1, 0.15) is 22.3 Å². The van der Waals surface area contributed by atoms with Crippen molar-refractivity contribution >= 4 is 23.7 Å². The summed E-state index contributed by atoms with van der Waals surface area (Å²) in [5.74, 6) is -1.48. The van der Waals surface area contributed by atoms with Gasteiger partial charge in [-0.3, -0.25) is 4.79 Å². The molecule has 7 nitrogen and oxygen atoms in total. The molecule has 108 valence electrons. The van der Waals surface area contributed by atoms with Gasteiger partial charge in [0.05, 0.1) is 19.1 Å². The van der Waals surface area contributed by atoms with E-state index in [4.69, 9.17) is 5.11 Å². The van der Waals surface area contributed by atoms with Crippen LogP contribution >= 0.6 is 0 Å². The number of carbonyl (C=O) groups excluding carboxylic acids is 2. The summed E-state index contributed by atoms with van der Waals surface area (Å²) in [6.45, 7) is 1.81. The highest BCUT2D eigenvalue weighted by Crippen LogP contribution is 2.15. The average Bonchev–Trinajstić information content (AvgIpc) is 2.40. The molecule has 1 aromatic carbocycles. The standard InChI is InChI=1S/C13H16N2O5/c1-8-3-4-9(7-10(8)12(17)18)15-13(19)14-6-5-11(16)20-2/h3-4,7H,5-6H2,1-2H3,(H,17,18)(H2,14,15,19). The van der Waals surface area contributed by atoms with Crippen LogP contribution in [0.15, 0.2) is 18.2 Å². The van der Waals surface area contributed by atoms with Gasteiger partial charge in [0, 0.05) is 12.2 Å². The summed E-state index contributed by atoms with van der Waals surface area (Å²) >= 11 is 0. The Bertz CT molecular complexity index is 527. The summed E-state index contributed by atoms with van der Waals surface area (Å²) in [4.78, 5) is 33.3. The van der Waals surface area contributed by atoms with Crippen molar-refractivity contribution in [3.05, 3.63) is 29.3 Å². The minimum absolute atomic E-state index is 0.0677. The molecule has 1 aromatic rings. The maximum atomic E-state index is 11.5. The van der Waals surface area contributed by atoms with Crippen LogP contribution in [0.4, 0.5) is 10.5 Å². The van der Waals surface area contributed by atoms with Crippen molar-refractivity contribution < 1.29 is 24.2 Å². The van der Waals surface area contributed by atoms with E-state index in [1.54, 1.807) is 19.1 Å². The van der Waals surface area contributed by atoms with Crippen molar-refractivity contribution in [3.63, 3.8) is 0 Å². The summed E-state index contributed by atoms with van der Waals surface area (Å²) in [6.07, 6.45) is 0.0677. The molecule has 0 atom stereocenters. The number of benzene rings is 1. The first kappa shape index (κ1) is 15.5. The number of amides is 2. The van der Waals surface area contributed by atoms with Crippen molar-refractivity contribution in [1.82, 2.24) is 5.32 Å². The lowest BCUT2D eigenvalue weighted by Gasteiger charge is -2.09. The van der Waals surface area contributed by atoms with E-state index in [1.807, 2.05) is 0 Å². The summed E-state index contributed by atoms with van der Waals surface area (Å²) in [5, 5.41) is 13.9. The number of esters is 1. The van der Waals surface area contributed by atoms with Gasteiger partial charge in [-0.15, -0.1) is 0 Å².